The molecular weight excluding hydrogens is 652 g/mol. The molecule has 260 valence electrons. The highest BCUT2D eigenvalue weighted by molar-refractivity contribution is 5.85. The molecule has 4 heterocycles. The summed E-state index contributed by atoms with van der Waals surface area (Å²) >= 11 is 0. The molecule has 2 fully saturated rings. The molecule has 0 amide bonds. The molecule has 8 nitrogen and oxygen atoms in total. The highest BCUT2D eigenvalue weighted by Crippen LogP contribution is 2.39. The van der Waals surface area contributed by atoms with Crippen molar-refractivity contribution in [2.75, 3.05) is 19.6 Å². The van der Waals surface area contributed by atoms with Crippen molar-refractivity contribution in [1.29, 1.82) is 0 Å². The summed E-state index contributed by atoms with van der Waals surface area (Å²) < 4.78 is 73.0. The fourth-order valence-electron chi connectivity index (χ4n) is 6.86. The minimum atomic E-state index is -3.11. The number of pyridine rings is 1. The van der Waals surface area contributed by atoms with Gasteiger partial charge in [0.25, 0.3) is 0 Å². The first kappa shape index (κ1) is 33.7. The van der Waals surface area contributed by atoms with Crippen LogP contribution in [-0.4, -0.2) is 53.1 Å². The van der Waals surface area contributed by atoms with E-state index in [1.54, 1.807) is 30.5 Å². The van der Waals surface area contributed by atoms with Crippen molar-refractivity contribution in [3.8, 4) is 39.5 Å². The number of hydrogen-bond acceptors (Lipinski definition) is 8. The summed E-state index contributed by atoms with van der Waals surface area (Å²) in [6.45, 7) is 0.653. The third-order valence-corrected chi connectivity index (χ3v) is 9.47. The summed E-state index contributed by atoms with van der Waals surface area (Å²) in [4.78, 5) is 23.7. The van der Waals surface area contributed by atoms with E-state index >= 15 is 4.39 Å². The Morgan fingerprint density at radius 1 is 1.04 bits per heavy atom. The molecule has 5 aromatic rings. The lowest BCUT2D eigenvalue weighted by atomic mass is 9.89. The molecule has 2 aliphatic heterocycles. The van der Waals surface area contributed by atoms with Crippen molar-refractivity contribution in [2.45, 2.75) is 65.1 Å². The Morgan fingerprint density at radius 3 is 2.52 bits per heavy atom. The lowest BCUT2D eigenvalue weighted by Gasteiger charge is -2.17. The van der Waals surface area contributed by atoms with Gasteiger partial charge in [-0.15, -0.1) is 0 Å². The van der Waals surface area contributed by atoms with E-state index < -0.39 is 31.1 Å². The number of aromatic nitrogens is 2. The van der Waals surface area contributed by atoms with Gasteiger partial charge in [0.05, 0.1) is 5.69 Å². The first-order valence-electron chi connectivity index (χ1n) is 16.7. The van der Waals surface area contributed by atoms with Crippen molar-refractivity contribution in [3.63, 3.8) is 0 Å². The number of nitrogens with one attached hydrogen (secondary N) is 1. The van der Waals surface area contributed by atoms with Crippen LogP contribution in [0.3, 0.4) is 0 Å². The zero-order valence-corrected chi connectivity index (χ0v) is 27.5. The van der Waals surface area contributed by atoms with Crippen LogP contribution in [0.5, 0.6) is 5.75 Å². The molecule has 3 aromatic carbocycles. The second kappa shape index (κ2) is 14.6. The van der Waals surface area contributed by atoms with Gasteiger partial charge in [0.15, 0.2) is 5.58 Å². The van der Waals surface area contributed by atoms with Crippen molar-refractivity contribution in [2.24, 2.45) is 0 Å². The smallest absolute Gasteiger partial charge is 0.387 e. The molecule has 2 aliphatic rings. The Bertz CT molecular complexity index is 2020. The van der Waals surface area contributed by atoms with Crippen LogP contribution in [-0.2, 0) is 29.4 Å². The standard InChI is InChI=1S/C38H36F4N4O4/c1-22-25(28-10-5-9-27(29(28)18-39)23-15-30(40)33(44-19-23)20-46-13-2-3-14-46)7-4-8-26(22)36-45-32-16-24(21-48-37(47)31-11-6-12-43-31)34(50-38(41)42)17-35(32)49-36/h4-5,7-10,15-17,19,31,38,43H,2-3,6,11-14,18,20-21H2,1H3/t31-/m0/s1. The summed E-state index contributed by atoms with van der Waals surface area (Å²) in [5.41, 5.74) is 5.22. The molecule has 7 rings (SSSR count). The summed E-state index contributed by atoms with van der Waals surface area (Å²) in [6, 6.07) is 14.6. The number of alkyl halides is 3. The van der Waals surface area contributed by atoms with E-state index in [1.807, 2.05) is 19.1 Å². The highest BCUT2D eigenvalue weighted by atomic mass is 19.3. The number of halogens is 4. The summed E-state index contributed by atoms with van der Waals surface area (Å²) in [5.74, 6) is -0.865. The third-order valence-electron chi connectivity index (χ3n) is 9.47. The van der Waals surface area contributed by atoms with Crippen LogP contribution in [0.2, 0.25) is 0 Å². The van der Waals surface area contributed by atoms with E-state index in [4.69, 9.17) is 13.9 Å². The molecule has 2 aromatic heterocycles. The Morgan fingerprint density at radius 2 is 1.80 bits per heavy atom. The molecule has 50 heavy (non-hydrogen) atoms. The maximum absolute atomic E-state index is 15.2. The molecule has 12 heteroatoms. The zero-order valence-electron chi connectivity index (χ0n) is 27.5. The van der Waals surface area contributed by atoms with Gasteiger partial charge in [-0.25, -0.2) is 13.8 Å². The number of nitrogens with zero attached hydrogens (tertiary/aromatic N) is 3. The van der Waals surface area contributed by atoms with Crippen LogP contribution in [0.4, 0.5) is 17.6 Å². The lowest BCUT2D eigenvalue weighted by Crippen LogP contribution is -2.32. The Kier molecular flexibility index (Phi) is 9.82. The van der Waals surface area contributed by atoms with Crippen LogP contribution < -0.4 is 10.1 Å². The third kappa shape index (κ3) is 6.95. The van der Waals surface area contributed by atoms with Gasteiger partial charge in [-0.3, -0.25) is 14.7 Å². The van der Waals surface area contributed by atoms with E-state index in [2.05, 4.69) is 20.2 Å². The Labute approximate surface area is 286 Å². The minimum absolute atomic E-state index is 0.188. The van der Waals surface area contributed by atoms with Gasteiger partial charge in [0.1, 0.15) is 36.4 Å². The maximum atomic E-state index is 15.2. The number of fused-ring (bicyclic) bond motifs is 1. The van der Waals surface area contributed by atoms with Crippen LogP contribution in [0.1, 0.15) is 48.1 Å². The average molecular weight is 689 g/mol. The second-order valence-electron chi connectivity index (χ2n) is 12.7. The molecule has 0 saturated carbocycles. The monoisotopic (exact) mass is 688 g/mol. The van der Waals surface area contributed by atoms with Gasteiger partial charge >= 0.3 is 12.6 Å². The number of esters is 1. The molecule has 0 aliphatic carbocycles. The number of likely N-dealkylation sites (tertiary alicyclic amines) is 1. The van der Waals surface area contributed by atoms with Crippen molar-refractivity contribution in [1.82, 2.24) is 20.2 Å². The number of oxazole rings is 1. The average Bonchev–Trinajstić information content (AvgIpc) is 3.91. The maximum Gasteiger partial charge on any atom is 0.387 e. The lowest BCUT2D eigenvalue weighted by molar-refractivity contribution is -0.147. The van der Waals surface area contributed by atoms with Gasteiger partial charge < -0.3 is 19.2 Å². The van der Waals surface area contributed by atoms with Crippen LogP contribution in [0.15, 0.2) is 65.2 Å². The van der Waals surface area contributed by atoms with Gasteiger partial charge in [0.2, 0.25) is 5.89 Å². The van der Waals surface area contributed by atoms with Crippen molar-refractivity contribution in [3.05, 3.63) is 89.0 Å². The van der Waals surface area contributed by atoms with Gasteiger partial charge in [0, 0.05) is 35.5 Å². The van der Waals surface area contributed by atoms with E-state index in [0.717, 1.165) is 37.9 Å². The van der Waals surface area contributed by atoms with Gasteiger partial charge in [-0.05, 0) is 98.3 Å². The van der Waals surface area contributed by atoms with Crippen molar-refractivity contribution < 1.29 is 36.2 Å². The SMILES string of the molecule is Cc1c(-c2nc3cc(COC(=O)[C@@H]4CCCN4)c(OC(F)F)cc3o2)cccc1-c1cccc(-c2cnc(CN3CCCC3)c(F)c2)c1CF. The fraction of sp³-hybridized carbons (Fsp3) is 0.342. The first-order chi connectivity index (χ1) is 24.3. The predicted octanol–water partition coefficient (Wildman–Crippen LogP) is 8.13. The normalized spacial score (nSPS) is 16.5. The number of carbonyl (C=O) groups is 1. The van der Waals surface area contributed by atoms with Crippen LogP contribution >= 0.6 is 0 Å². The van der Waals surface area contributed by atoms with E-state index in [9.17, 15) is 18.0 Å². The summed E-state index contributed by atoms with van der Waals surface area (Å²) in [6.07, 6.45) is 5.27. The summed E-state index contributed by atoms with van der Waals surface area (Å²) in [7, 11) is 0. The first-order valence-corrected chi connectivity index (χ1v) is 16.7. The quantitative estimate of drug-likeness (QED) is 0.110. The largest absolute Gasteiger partial charge is 0.460 e. The van der Waals surface area contributed by atoms with E-state index in [1.165, 1.54) is 18.2 Å². The predicted molar refractivity (Wildman–Crippen MR) is 180 cm³/mol. The molecule has 1 N–H and O–H groups in total. The molecule has 0 radical (unpaired) electrons. The topological polar surface area (TPSA) is 89.7 Å². The highest BCUT2D eigenvalue weighted by Gasteiger charge is 2.25. The molecule has 0 spiro atoms. The second-order valence-corrected chi connectivity index (χ2v) is 12.7. The zero-order chi connectivity index (χ0) is 34.8. The molecule has 2 saturated heterocycles. The van der Waals surface area contributed by atoms with Crippen LogP contribution in [0, 0.1) is 12.7 Å². The number of rotatable bonds is 11. The van der Waals surface area contributed by atoms with E-state index in [0.29, 0.717) is 64.1 Å². The fourth-order valence-corrected chi connectivity index (χ4v) is 6.86. The number of ether oxygens (including phenoxy) is 2. The Balaban J connectivity index is 1.20. The van der Waals surface area contributed by atoms with Gasteiger partial charge in [-0.1, -0.05) is 30.3 Å². The molecule has 1 atom stereocenters. The molecule has 0 unspecified atom stereocenters. The number of carbonyl (C=O) groups excluding carboxylic acids is 1. The van der Waals surface area contributed by atoms with Gasteiger partial charge in [-0.2, -0.15) is 8.78 Å². The molecule has 0 bridgehead atoms. The van der Waals surface area contributed by atoms with Crippen LogP contribution in [0.25, 0.3) is 44.8 Å². The Hall–Kier alpha value is -4.81. The number of benzene rings is 3. The van der Waals surface area contributed by atoms with E-state index in [-0.39, 0.29) is 29.4 Å². The van der Waals surface area contributed by atoms with Crippen molar-refractivity contribution >= 4 is 17.1 Å². The minimum Gasteiger partial charge on any atom is -0.460 e. The molecular formula is C38H36F4N4O4. The number of hydrogen-bond donors (Lipinski definition) is 1. The summed E-state index contributed by atoms with van der Waals surface area (Å²) in [5, 5.41) is 3.05.